The van der Waals surface area contributed by atoms with Crippen molar-refractivity contribution in [3.63, 3.8) is 0 Å². The number of likely N-dealkylation sites (tertiary alicyclic amines) is 1. The van der Waals surface area contributed by atoms with Crippen molar-refractivity contribution >= 4 is 27.4 Å². The second-order valence-corrected chi connectivity index (χ2v) is 11.2. The van der Waals surface area contributed by atoms with Crippen LogP contribution in [0.15, 0.2) is 61.2 Å². The van der Waals surface area contributed by atoms with Crippen LogP contribution in [-0.4, -0.2) is 65.9 Å². The molecule has 3 heterocycles. The third-order valence-electron chi connectivity index (χ3n) is 6.43. The first-order valence-electron chi connectivity index (χ1n) is 11.7. The normalized spacial score (nSPS) is 19.6. The zero-order valence-corrected chi connectivity index (χ0v) is 20.9. The number of fused-ring (bicyclic) bond motifs is 1. The van der Waals surface area contributed by atoms with Crippen LogP contribution in [0.1, 0.15) is 42.1 Å². The van der Waals surface area contributed by atoms with Crippen molar-refractivity contribution < 1.29 is 18.0 Å². The number of pyridine rings is 1. The Balaban J connectivity index is 1.60. The Hall–Kier alpha value is -3.24. The molecule has 0 unspecified atom stereocenters. The van der Waals surface area contributed by atoms with Crippen LogP contribution in [0.5, 0.6) is 0 Å². The van der Waals surface area contributed by atoms with Gasteiger partial charge in [-0.25, -0.2) is 18.1 Å². The number of benzene rings is 1. The van der Waals surface area contributed by atoms with Crippen molar-refractivity contribution in [1.82, 2.24) is 24.3 Å². The average Bonchev–Trinajstić information content (AvgIpc) is 3.31. The smallest absolute Gasteiger partial charge is 0.256 e. The van der Waals surface area contributed by atoms with Crippen molar-refractivity contribution in [2.75, 3.05) is 19.3 Å². The average molecular weight is 498 g/mol. The summed E-state index contributed by atoms with van der Waals surface area (Å²) >= 11 is 0. The number of aromatic nitrogens is 2. The molecule has 0 aliphatic carbocycles. The number of nitrogens with one attached hydrogen (secondary N) is 2. The molecule has 2 amide bonds. The SMILES string of the molecule is CC(C)[C@H](NS(C)(=O)=O)C(=O)N[C@@H]1CN(C(=O)c2cccn3cncc23)CC[C@H]1c1ccccc1. The first kappa shape index (κ1) is 24.9. The van der Waals surface area contributed by atoms with E-state index in [0.29, 0.717) is 25.1 Å². The molecule has 3 aromatic rings. The van der Waals surface area contributed by atoms with E-state index in [1.807, 2.05) is 42.6 Å². The maximum absolute atomic E-state index is 13.5. The number of carbonyl (C=O) groups excluding carboxylic acids is 2. The predicted octanol–water partition coefficient (Wildman–Crippen LogP) is 2.02. The van der Waals surface area contributed by atoms with E-state index in [9.17, 15) is 18.0 Å². The molecule has 1 fully saturated rings. The summed E-state index contributed by atoms with van der Waals surface area (Å²) in [4.78, 5) is 32.6. The van der Waals surface area contributed by atoms with E-state index in [2.05, 4.69) is 15.0 Å². The van der Waals surface area contributed by atoms with Gasteiger partial charge in [0.15, 0.2) is 0 Å². The van der Waals surface area contributed by atoms with E-state index in [0.717, 1.165) is 17.3 Å². The standard InChI is InChI=1S/C25H31N5O4S/c1-17(2)23(28-35(3,33)34)24(31)27-21-15-29(13-11-19(21)18-8-5-4-6-9-18)25(32)20-10-7-12-30-16-26-14-22(20)30/h4-10,12,14,16-17,19,21,23,28H,11,13,15H2,1-3H3,(H,27,31)/t19-,21+,23-/m0/s1. The van der Waals surface area contributed by atoms with Crippen molar-refractivity contribution in [1.29, 1.82) is 0 Å². The maximum atomic E-state index is 13.5. The van der Waals surface area contributed by atoms with E-state index in [1.165, 1.54) is 0 Å². The fourth-order valence-corrected chi connectivity index (χ4v) is 5.52. The summed E-state index contributed by atoms with van der Waals surface area (Å²) in [6.07, 6.45) is 6.85. The second kappa shape index (κ2) is 10.2. The number of hydrogen-bond acceptors (Lipinski definition) is 5. The first-order valence-corrected chi connectivity index (χ1v) is 13.6. The predicted molar refractivity (Wildman–Crippen MR) is 133 cm³/mol. The molecular weight excluding hydrogens is 466 g/mol. The van der Waals surface area contributed by atoms with Crippen molar-refractivity contribution in [3.8, 4) is 0 Å². The highest BCUT2D eigenvalue weighted by Crippen LogP contribution is 2.30. The number of hydrogen-bond donors (Lipinski definition) is 2. The Morgan fingerprint density at radius 3 is 2.54 bits per heavy atom. The minimum atomic E-state index is -3.58. The molecule has 0 saturated carbocycles. The maximum Gasteiger partial charge on any atom is 0.256 e. The molecule has 35 heavy (non-hydrogen) atoms. The van der Waals surface area contributed by atoms with E-state index >= 15 is 0 Å². The summed E-state index contributed by atoms with van der Waals surface area (Å²) in [5, 5.41) is 3.06. The molecule has 3 atom stereocenters. The molecular formula is C25H31N5O4S. The highest BCUT2D eigenvalue weighted by atomic mass is 32.2. The fourth-order valence-electron chi connectivity index (χ4n) is 4.68. The zero-order chi connectivity index (χ0) is 25.2. The number of nitrogens with zero attached hydrogens (tertiary/aromatic N) is 3. The van der Waals surface area contributed by atoms with Gasteiger partial charge in [-0.2, -0.15) is 0 Å². The Kier molecular flexibility index (Phi) is 7.23. The minimum Gasteiger partial charge on any atom is -0.350 e. The zero-order valence-electron chi connectivity index (χ0n) is 20.1. The Morgan fingerprint density at radius 1 is 1.11 bits per heavy atom. The van der Waals surface area contributed by atoms with Gasteiger partial charge >= 0.3 is 0 Å². The summed E-state index contributed by atoms with van der Waals surface area (Å²) in [6.45, 7) is 4.43. The minimum absolute atomic E-state index is 0.0130. The van der Waals surface area contributed by atoms with Gasteiger partial charge in [0.2, 0.25) is 15.9 Å². The van der Waals surface area contributed by atoms with Gasteiger partial charge in [0, 0.05) is 25.2 Å². The van der Waals surface area contributed by atoms with Crippen molar-refractivity contribution in [3.05, 3.63) is 72.3 Å². The molecule has 1 aliphatic heterocycles. The van der Waals surface area contributed by atoms with E-state index in [4.69, 9.17) is 0 Å². The van der Waals surface area contributed by atoms with E-state index in [1.54, 1.807) is 41.7 Å². The number of imidazole rings is 1. The van der Waals surface area contributed by atoms with E-state index < -0.39 is 22.0 Å². The molecule has 4 rings (SSSR count). The summed E-state index contributed by atoms with van der Waals surface area (Å²) in [5.74, 6) is -0.790. The lowest BCUT2D eigenvalue weighted by molar-refractivity contribution is -0.124. The van der Waals surface area contributed by atoms with Gasteiger partial charge in [-0.3, -0.25) is 9.59 Å². The third-order valence-corrected chi connectivity index (χ3v) is 7.11. The molecule has 0 radical (unpaired) electrons. The van der Waals surface area contributed by atoms with Crippen LogP contribution in [-0.2, 0) is 14.8 Å². The van der Waals surface area contributed by atoms with Crippen LogP contribution in [0.4, 0.5) is 0 Å². The van der Waals surface area contributed by atoms with Crippen molar-refractivity contribution in [2.24, 2.45) is 5.92 Å². The van der Waals surface area contributed by atoms with Gasteiger partial charge in [0.05, 0.1) is 35.9 Å². The van der Waals surface area contributed by atoms with Gasteiger partial charge in [-0.15, -0.1) is 0 Å². The van der Waals surface area contributed by atoms with Crippen LogP contribution in [0, 0.1) is 5.92 Å². The first-order chi connectivity index (χ1) is 16.6. The number of amides is 2. The molecule has 10 heteroatoms. The monoisotopic (exact) mass is 497 g/mol. The fraction of sp³-hybridized carbons (Fsp3) is 0.400. The molecule has 1 aromatic carbocycles. The molecule has 0 spiro atoms. The lowest BCUT2D eigenvalue weighted by Crippen LogP contribution is -2.58. The van der Waals surface area contributed by atoms with Gasteiger partial charge in [0.1, 0.15) is 6.04 Å². The van der Waals surface area contributed by atoms with Crippen LogP contribution in [0.2, 0.25) is 0 Å². The summed E-state index contributed by atoms with van der Waals surface area (Å²) in [5.41, 5.74) is 2.34. The largest absolute Gasteiger partial charge is 0.350 e. The molecule has 9 nitrogen and oxygen atoms in total. The van der Waals surface area contributed by atoms with Gasteiger partial charge in [0.25, 0.3) is 5.91 Å². The van der Waals surface area contributed by atoms with Crippen LogP contribution in [0.25, 0.3) is 5.52 Å². The second-order valence-electron chi connectivity index (χ2n) is 9.39. The van der Waals surface area contributed by atoms with Gasteiger partial charge in [-0.05, 0) is 30.0 Å². The number of sulfonamides is 1. The molecule has 1 saturated heterocycles. The Labute approximate surface area is 205 Å². The molecule has 2 N–H and O–H groups in total. The lowest BCUT2D eigenvalue weighted by Gasteiger charge is -2.40. The number of rotatable bonds is 7. The van der Waals surface area contributed by atoms with E-state index in [-0.39, 0.29) is 23.8 Å². The lowest BCUT2D eigenvalue weighted by atomic mass is 9.84. The van der Waals surface area contributed by atoms with Crippen LogP contribution >= 0.6 is 0 Å². The number of carbonyl (C=O) groups is 2. The van der Waals surface area contributed by atoms with Crippen LogP contribution in [0.3, 0.4) is 0 Å². The molecule has 0 bridgehead atoms. The third kappa shape index (κ3) is 5.71. The highest BCUT2D eigenvalue weighted by molar-refractivity contribution is 7.88. The topological polar surface area (TPSA) is 113 Å². The summed E-state index contributed by atoms with van der Waals surface area (Å²) < 4.78 is 28.0. The molecule has 186 valence electrons. The summed E-state index contributed by atoms with van der Waals surface area (Å²) in [7, 11) is -3.58. The molecule has 2 aromatic heterocycles. The van der Waals surface area contributed by atoms with Gasteiger partial charge < -0.3 is 14.6 Å². The Morgan fingerprint density at radius 2 is 1.86 bits per heavy atom. The highest BCUT2D eigenvalue weighted by Gasteiger charge is 2.36. The molecule has 1 aliphatic rings. The van der Waals surface area contributed by atoms with Crippen LogP contribution < -0.4 is 10.0 Å². The quantitative estimate of drug-likeness (QED) is 0.519. The van der Waals surface area contributed by atoms with Gasteiger partial charge in [-0.1, -0.05) is 44.2 Å². The number of piperidine rings is 1. The van der Waals surface area contributed by atoms with Crippen molar-refractivity contribution in [2.45, 2.75) is 38.3 Å². The summed E-state index contributed by atoms with van der Waals surface area (Å²) in [6, 6.07) is 12.2. The Bertz CT molecular complexity index is 1310.